The van der Waals surface area contributed by atoms with E-state index in [0.29, 0.717) is 22.1 Å². The number of ketones is 1. The molecule has 0 unspecified atom stereocenters. The number of anilines is 2. The van der Waals surface area contributed by atoms with Gasteiger partial charge in [0.05, 0.1) is 12.1 Å². The molecule has 0 radical (unpaired) electrons. The van der Waals surface area contributed by atoms with E-state index in [2.05, 4.69) is 25.6 Å². The maximum atomic E-state index is 12.1. The average molecular weight is 381 g/mol. The molecule has 2 aromatic heterocycles. The predicted molar refractivity (Wildman–Crippen MR) is 101 cm³/mol. The normalized spacial score (nSPS) is 10.3. The van der Waals surface area contributed by atoms with Gasteiger partial charge >= 0.3 is 0 Å². The minimum Gasteiger partial charge on any atom is -0.326 e. The van der Waals surface area contributed by atoms with E-state index in [9.17, 15) is 14.4 Å². The van der Waals surface area contributed by atoms with Crippen molar-refractivity contribution >= 4 is 39.8 Å². The molecule has 0 aliphatic heterocycles. The third-order valence-electron chi connectivity index (χ3n) is 3.46. The first kappa shape index (κ1) is 18.3. The van der Waals surface area contributed by atoms with E-state index in [0.717, 1.165) is 0 Å². The molecule has 0 fully saturated rings. The van der Waals surface area contributed by atoms with E-state index in [1.54, 1.807) is 35.7 Å². The van der Waals surface area contributed by atoms with Gasteiger partial charge < -0.3 is 5.32 Å². The first-order valence-corrected chi connectivity index (χ1v) is 8.83. The zero-order valence-electron chi connectivity index (χ0n) is 14.3. The molecule has 2 N–H and O–H groups in total. The number of Topliss-reactive ketones (excluding diaryl/α,β-unsaturated/α-hetero) is 1. The molecule has 0 saturated carbocycles. The summed E-state index contributed by atoms with van der Waals surface area (Å²) in [5.41, 5.74) is 1.70. The standard InChI is InChI=1S/C18H15N5O3S/c1-11(24)12-3-5-13(6-4-12)21-15(25)9-14-10-27-18(22-14)23-17(26)16-19-7-2-8-20-16/h2-8,10H,9H2,1H3,(H,21,25)(H,22,23,26). The summed E-state index contributed by atoms with van der Waals surface area (Å²) in [5, 5.41) is 7.39. The van der Waals surface area contributed by atoms with Crippen LogP contribution in [0.3, 0.4) is 0 Å². The molecule has 2 heterocycles. The van der Waals surface area contributed by atoms with Crippen molar-refractivity contribution in [3.05, 3.63) is 65.2 Å². The highest BCUT2D eigenvalue weighted by Crippen LogP contribution is 2.17. The number of carbonyl (C=O) groups excluding carboxylic acids is 3. The van der Waals surface area contributed by atoms with Crippen LogP contribution in [0, 0.1) is 0 Å². The Bertz CT molecular complexity index is 970. The molecule has 27 heavy (non-hydrogen) atoms. The Morgan fingerprint density at radius 1 is 1.04 bits per heavy atom. The van der Waals surface area contributed by atoms with Crippen LogP contribution >= 0.6 is 11.3 Å². The predicted octanol–water partition coefficient (Wildman–Crippen LogP) is 2.57. The molecule has 0 saturated heterocycles. The molecule has 8 nitrogen and oxygen atoms in total. The van der Waals surface area contributed by atoms with Crippen LogP contribution in [0.15, 0.2) is 48.1 Å². The van der Waals surface area contributed by atoms with E-state index >= 15 is 0 Å². The number of hydrogen-bond donors (Lipinski definition) is 2. The first-order valence-electron chi connectivity index (χ1n) is 7.95. The smallest absolute Gasteiger partial charge is 0.295 e. The fourth-order valence-corrected chi connectivity index (χ4v) is 2.88. The lowest BCUT2D eigenvalue weighted by Crippen LogP contribution is -2.16. The summed E-state index contributed by atoms with van der Waals surface area (Å²) in [5.74, 6) is -0.710. The van der Waals surface area contributed by atoms with Gasteiger partial charge in [-0.25, -0.2) is 15.0 Å². The molecule has 3 aromatic rings. The average Bonchev–Trinajstić information content (AvgIpc) is 3.09. The highest BCUT2D eigenvalue weighted by atomic mass is 32.1. The van der Waals surface area contributed by atoms with Crippen molar-refractivity contribution in [2.75, 3.05) is 10.6 Å². The van der Waals surface area contributed by atoms with Crippen LogP contribution in [0.5, 0.6) is 0 Å². The fourth-order valence-electron chi connectivity index (χ4n) is 2.17. The van der Waals surface area contributed by atoms with Gasteiger partial charge in [-0.1, -0.05) is 0 Å². The van der Waals surface area contributed by atoms with Crippen LogP contribution in [0.2, 0.25) is 0 Å². The first-order chi connectivity index (χ1) is 13.0. The molecule has 0 atom stereocenters. The molecular weight excluding hydrogens is 366 g/mol. The van der Waals surface area contributed by atoms with E-state index in [1.807, 2.05) is 0 Å². The molecule has 2 amide bonds. The molecule has 0 aliphatic rings. The van der Waals surface area contributed by atoms with Gasteiger partial charge in [-0.15, -0.1) is 11.3 Å². The number of aromatic nitrogens is 3. The van der Waals surface area contributed by atoms with Gasteiger partial charge in [0.25, 0.3) is 5.91 Å². The molecule has 0 aliphatic carbocycles. The van der Waals surface area contributed by atoms with Crippen molar-refractivity contribution in [3.63, 3.8) is 0 Å². The van der Waals surface area contributed by atoms with Crippen molar-refractivity contribution < 1.29 is 14.4 Å². The highest BCUT2D eigenvalue weighted by molar-refractivity contribution is 7.14. The summed E-state index contributed by atoms with van der Waals surface area (Å²) >= 11 is 1.21. The maximum absolute atomic E-state index is 12.1. The van der Waals surface area contributed by atoms with Gasteiger partial charge in [0.1, 0.15) is 0 Å². The number of amides is 2. The lowest BCUT2D eigenvalue weighted by atomic mass is 10.1. The summed E-state index contributed by atoms with van der Waals surface area (Å²) in [4.78, 5) is 47.3. The lowest BCUT2D eigenvalue weighted by molar-refractivity contribution is -0.115. The van der Waals surface area contributed by atoms with Crippen LogP contribution in [0.25, 0.3) is 0 Å². The Kier molecular flexibility index (Phi) is 5.62. The number of rotatable bonds is 6. The van der Waals surface area contributed by atoms with Crippen LogP contribution in [-0.4, -0.2) is 32.5 Å². The number of nitrogens with zero attached hydrogens (tertiary/aromatic N) is 3. The van der Waals surface area contributed by atoms with E-state index in [-0.39, 0.29) is 23.9 Å². The third kappa shape index (κ3) is 5.02. The molecular formula is C18H15N5O3S. The Hall–Kier alpha value is -3.46. The summed E-state index contributed by atoms with van der Waals surface area (Å²) in [6.07, 6.45) is 3.01. The highest BCUT2D eigenvalue weighted by Gasteiger charge is 2.13. The SMILES string of the molecule is CC(=O)c1ccc(NC(=O)Cc2csc(NC(=O)c3ncccn3)n2)cc1. The summed E-state index contributed by atoms with van der Waals surface area (Å²) < 4.78 is 0. The number of benzene rings is 1. The second-order valence-corrected chi connectivity index (χ2v) is 6.39. The molecule has 1 aromatic carbocycles. The second kappa shape index (κ2) is 8.28. The monoisotopic (exact) mass is 381 g/mol. The molecule has 9 heteroatoms. The number of thiazole rings is 1. The van der Waals surface area contributed by atoms with Gasteiger partial charge in [-0.3, -0.25) is 19.7 Å². The Morgan fingerprint density at radius 2 is 1.74 bits per heavy atom. The maximum Gasteiger partial charge on any atom is 0.295 e. The number of carbonyl (C=O) groups is 3. The van der Waals surface area contributed by atoms with Crippen molar-refractivity contribution in [1.82, 2.24) is 15.0 Å². The Labute approximate surface area is 158 Å². The van der Waals surface area contributed by atoms with Crippen LogP contribution in [0.4, 0.5) is 10.8 Å². The fraction of sp³-hybridized carbons (Fsp3) is 0.111. The quantitative estimate of drug-likeness (QED) is 0.634. The molecule has 3 rings (SSSR count). The van der Waals surface area contributed by atoms with Gasteiger partial charge in [0.2, 0.25) is 11.7 Å². The largest absolute Gasteiger partial charge is 0.326 e. The molecule has 0 spiro atoms. The van der Waals surface area contributed by atoms with Crippen molar-refractivity contribution in [1.29, 1.82) is 0 Å². The second-order valence-electron chi connectivity index (χ2n) is 5.53. The third-order valence-corrected chi connectivity index (χ3v) is 4.26. The topological polar surface area (TPSA) is 114 Å². The molecule has 0 bridgehead atoms. The van der Waals surface area contributed by atoms with E-state index in [1.165, 1.54) is 30.7 Å². The van der Waals surface area contributed by atoms with Crippen LogP contribution < -0.4 is 10.6 Å². The minimum absolute atomic E-state index is 0.0363. The van der Waals surface area contributed by atoms with Gasteiger partial charge in [0, 0.05) is 29.0 Å². The zero-order chi connectivity index (χ0) is 19.2. The van der Waals surface area contributed by atoms with Gasteiger partial charge in [-0.05, 0) is 37.3 Å². The number of nitrogens with one attached hydrogen (secondary N) is 2. The number of hydrogen-bond acceptors (Lipinski definition) is 7. The van der Waals surface area contributed by atoms with Crippen molar-refractivity contribution in [3.8, 4) is 0 Å². The summed E-state index contributed by atoms with van der Waals surface area (Å²) in [6.45, 7) is 1.48. The summed E-state index contributed by atoms with van der Waals surface area (Å²) in [6, 6.07) is 8.26. The molecule has 136 valence electrons. The van der Waals surface area contributed by atoms with Gasteiger partial charge in [-0.2, -0.15) is 0 Å². The van der Waals surface area contributed by atoms with Crippen molar-refractivity contribution in [2.24, 2.45) is 0 Å². The minimum atomic E-state index is -0.466. The summed E-state index contributed by atoms with van der Waals surface area (Å²) in [7, 11) is 0. The Balaban J connectivity index is 1.56. The van der Waals surface area contributed by atoms with Crippen LogP contribution in [0.1, 0.15) is 33.6 Å². The lowest BCUT2D eigenvalue weighted by Gasteiger charge is -2.04. The van der Waals surface area contributed by atoms with Gasteiger partial charge in [0.15, 0.2) is 10.9 Å². The van der Waals surface area contributed by atoms with E-state index < -0.39 is 5.91 Å². The van der Waals surface area contributed by atoms with Crippen molar-refractivity contribution in [2.45, 2.75) is 13.3 Å². The Morgan fingerprint density at radius 3 is 2.41 bits per heavy atom. The zero-order valence-corrected chi connectivity index (χ0v) is 15.1. The van der Waals surface area contributed by atoms with Crippen LogP contribution in [-0.2, 0) is 11.2 Å². The van der Waals surface area contributed by atoms with E-state index in [4.69, 9.17) is 0 Å².